The van der Waals surface area contributed by atoms with Gasteiger partial charge in [-0.2, -0.15) is 0 Å². The van der Waals surface area contributed by atoms with Crippen molar-refractivity contribution < 1.29 is 24.5 Å². The van der Waals surface area contributed by atoms with Gasteiger partial charge in [-0.25, -0.2) is 4.39 Å². The van der Waals surface area contributed by atoms with Gasteiger partial charge in [-0.15, -0.1) is 0 Å². The second kappa shape index (κ2) is 5.96. The molecule has 7 heteroatoms. The Balaban J connectivity index is 3.01. The Morgan fingerprint density at radius 2 is 1.84 bits per heavy atom. The third-order valence-corrected chi connectivity index (χ3v) is 2.93. The predicted molar refractivity (Wildman–Crippen MR) is 67.0 cm³/mol. The van der Waals surface area contributed by atoms with E-state index in [1.54, 1.807) is 0 Å². The van der Waals surface area contributed by atoms with Crippen molar-refractivity contribution in [2.24, 2.45) is 0 Å². The van der Waals surface area contributed by atoms with Gasteiger partial charge < -0.3 is 26.4 Å². The summed E-state index contributed by atoms with van der Waals surface area (Å²) in [4.78, 5) is 11.9. The Morgan fingerprint density at radius 3 is 2.26 bits per heavy atom. The summed E-state index contributed by atoms with van der Waals surface area (Å²) in [7, 11) is 0. The number of halogens is 1. The van der Waals surface area contributed by atoms with E-state index in [1.807, 2.05) is 0 Å². The molecule has 1 aromatic carbocycles. The van der Waals surface area contributed by atoms with Gasteiger partial charge in [-0.1, -0.05) is 0 Å². The van der Waals surface area contributed by atoms with Crippen LogP contribution in [-0.4, -0.2) is 46.6 Å². The molecule has 0 aliphatic rings. The van der Waals surface area contributed by atoms with Crippen LogP contribution in [0.1, 0.15) is 15.9 Å². The summed E-state index contributed by atoms with van der Waals surface area (Å²) in [5.74, 6) is -1.38. The molecule has 0 saturated carbocycles. The van der Waals surface area contributed by atoms with E-state index in [-0.39, 0.29) is 16.8 Å². The fourth-order valence-corrected chi connectivity index (χ4v) is 1.41. The maximum absolute atomic E-state index is 13.5. The Hall–Kier alpha value is -1.70. The third kappa shape index (κ3) is 3.19. The lowest BCUT2D eigenvalue weighted by Gasteiger charge is -2.28. The monoisotopic (exact) mass is 272 g/mol. The molecule has 6 nitrogen and oxygen atoms in total. The molecule has 0 aliphatic heterocycles. The number of aliphatic hydroxyl groups excluding tert-OH is 3. The second-order valence-corrected chi connectivity index (χ2v) is 4.38. The number of nitrogens with one attached hydrogen (secondary N) is 1. The number of aliphatic hydroxyl groups is 3. The fourth-order valence-electron chi connectivity index (χ4n) is 1.41. The van der Waals surface area contributed by atoms with Crippen LogP contribution in [0.3, 0.4) is 0 Å². The van der Waals surface area contributed by atoms with Crippen molar-refractivity contribution in [1.29, 1.82) is 0 Å². The molecular weight excluding hydrogens is 255 g/mol. The topological polar surface area (TPSA) is 116 Å². The largest absolute Gasteiger partial charge is 0.398 e. The number of nitrogen functional groups attached to an aromatic ring is 1. The summed E-state index contributed by atoms with van der Waals surface area (Å²) in [6, 6.07) is 2.28. The number of amides is 1. The van der Waals surface area contributed by atoms with Gasteiger partial charge in [0.2, 0.25) is 0 Å². The molecule has 19 heavy (non-hydrogen) atoms. The average molecular weight is 272 g/mol. The zero-order valence-corrected chi connectivity index (χ0v) is 10.5. The van der Waals surface area contributed by atoms with Crippen molar-refractivity contribution in [3.8, 4) is 0 Å². The van der Waals surface area contributed by atoms with Crippen LogP contribution in [0.25, 0.3) is 0 Å². The second-order valence-electron chi connectivity index (χ2n) is 4.38. The van der Waals surface area contributed by atoms with Crippen molar-refractivity contribution in [2.75, 3.05) is 25.6 Å². The van der Waals surface area contributed by atoms with Gasteiger partial charge in [0.15, 0.2) is 0 Å². The molecule has 0 aromatic heterocycles. The molecule has 106 valence electrons. The van der Waals surface area contributed by atoms with E-state index >= 15 is 0 Å². The number of carbonyl (C=O) groups is 1. The van der Waals surface area contributed by atoms with Gasteiger partial charge in [0.05, 0.1) is 19.8 Å². The fraction of sp³-hybridized carbons (Fsp3) is 0.417. The van der Waals surface area contributed by atoms with Gasteiger partial charge in [-0.3, -0.25) is 4.79 Å². The number of anilines is 1. The van der Waals surface area contributed by atoms with E-state index in [0.29, 0.717) is 0 Å². The SMILES string of the molecule is Cc1c(N)cc(C(=O)NC(CO)(CO)CO)cc1F. The summed E-state index contributed by atoms with van der Waals surface area (Å²) in [5.41, 5.74) is 4.28. The van der Waals surface area contributed by atoms with Crippen molar-refractivity contribution in [2.45, 2.75) is 12.5 Å². The minimum absolute atomic E-state index is 0.0553. The lowest BCUT2D eigenvalue weighted by Crippen LogP contribution is -2.57. The molecule has 0 atom stereocenters. The first kappa shape index (κ1) is 15.4. The molecule has 0 radical (unpaired) electrons. The highest BCUT2D eigenvalue weighted by molar-refractivity contribution is 5.95. The van der Waals surface area contributed by atoms with E-state index in [0.717, 1.165) is 6.07 Å². The van der Waals surface area contributed by atoms with Crippen molar-refractivity contribution in [1.82, 2.24) is 5.32 Å². The van der Waals surface area contributed by atoms with Crippen LogP contribution in [0.2, 0.25) is 0 Å². The average Bonchev–Trinajstić information content (AvgIpc) is 2.41. The van der Waals surface area contributed by atoms with Crippen molar-refractivity contribution in [3.05, 3.63) is 29.1 Å². The van der Waals surface area contributed by atoms with E-state index in [2.05, 4.69) is 5.32 Å². The van der Waals surface area contributed by atoms with Crippen LogP contribution in [0.15, 0.2) is 12.1 Å². The Labute approximate surface area is 109 Å². The molecule has 1 amide bonds. The molecular formula is C12H17FN2O4. The van der Waals surface area contributed by atoms with Gasteiger partial charge in [0, 0.05) is 16.8 Å². The van der Waals surface area contributed by atoms with E-state index in [9.17, 15) is 9.18 Å². The maximum atomic E-state index is 13.5. The van der Waals surface area contributed by atoms with Crippen LogP contribution in [0.5, 0.6) is 0 Å². The van der Waals surface area contributed by atoms with Crippen molar-refractivity contribution in [3.63, 3.8) is 0 Å². The standard InChI is InChI=1S/C12H17FN2O4/c1-7-9(13)2-8(3-10(7)14)11(19)15-12(4-16,5-17)6-18/h2-3,16-18H,4-6,14H2,1H3,(H,15,19). The molecule has 1 rings (SSSR count). The molecule has 0 heterocycles. The molecule has 0 aliphatic carbocycles. The van der Waals surface area contributed by atoms with Crippen LogP contribution in [-0.2, 0) is 0 Å². The number of rotatable bonds is 5. The summed E-state index contributed by atoms with van der Waals surface area (Å²) in [6.45, 7) is -0.494. The van der Waals surface area contributed by atoms with E-state index in [4.69, 9.17) is 21.1 Å². The molecule has 6 N–H and O–H groups in total. The highest BCUT2D eigenvalue weighted by atomic mass is 19.1. The van der Waals surface area contributed by atoms with Crippen LogP contribution in [0.4, 0.5) is 10.1 Å². The van der Waals surface area contributed by atoms with E-state index < -0.39 is 37.1 Å². The van der Waals surface area contributed by atoms with Crippen LogP contribution in [0, 0.1) is 12.7 Å². The van der Waals surface area contributed by atoms with Crippen LogP contribution >= 0.6 is 0 Å². The summed E-state index contributed by atoms with van der Waals surface area (Å²) in [6.07, 6.45) is 0. The Bertz CT molecular complexity index is 444. The smallest absolute Gasteiger partial charge is 0.252 e. The zero-order valence-electron chi connectivity index (χ0n) is 10.5. The predicted octanol–water partition coefficient (Wildman–Crippen LogP) is -0.838. The summed E-state index contributed by atoms with van der Waals surface area (Å²) < 4.78 is 13.5. The number of hydrogen-bond donors (Lipinski definition) is 5. The van der Waals surface area contributed by atoms with Gasteiger partial charge in [0.25, 0.3) is 5.91 Å². The molecule has 0 fully saturated rings. The minimum Gasteiger partial charge on any atom is -0.398 e. The Kier molecular flexibility index (Phi) is 4.82. The first-order valence-corrected chi connectivity index (χ1v) is 5.60. The first-order chi connectivity index (χ1) is 8.89. The van der Waals surface area contributed by atoms with E-state index in [1.165, 1.54) is 13.0 Å². The summed E-state index contributed by atoms with van der Waals surface area (Å²) in [5, 5.41) is 29.5. The molecule has 0 saturated heterocycles. The lowest BCUT2D eigenvalue weighted by atomic mass is 10.0. The molecule has 0 unspecified atom stereocenters. The highest BCUT2D eigenvalue weighted by Gasteiger charge is 2.30. The molecule has 1 aromatic rings. The summed E-state index contributed by atoms with van der Waals surface area (Å²) >= 11 is 0. The number of nitrogens with two attached hydrogens (primary N) is 1. The zero-order chi connectivity index (χ0) is 14.6. The van der Waals surface area contributed by atoms with Gasteiger partial charge in [0.1, 0.15) is 11.4 Å². The first-order valence-electron chi connectivity index (χ1n) is 5.60. The number of carbonyl (C=O) groups excluding carboxylic acids is 1. The van der Waals surface area contributed by atoms with Crippen molar-refractivity contribution >= 4 is 11.6 Å². The highest BCUT2D eigenvalue weighted by Crippen LogP contribution is 2.18. The number of benzene rings is 1. The van der Waals surface area contributed by atoms with Crippen LogP contribution < -0.4 is 11.1 Å². The van der Waals surface area contributed by atoms with Gasteiger partial charge >= 0.3 is 0 Å². The quantitative estimate of drug-likeness (QED) is 0.448. The maximum Gasteiger partial charge on any atom is 0.252 e. The minimum atomic E-state index is -1.56. The molecule has 0 spiro atoms. The molecule has 0 bridgehead atoms. The number of hydrogen-bond acceptors (Lipinski definition) is 5. The van der Waals surface area contributed by atoms with Gasteiger partial charge in [-0.05, 0) is 19.1 Å². The normalized spacial score (nSPS) is 11.4. The third-order valence-electron chi connectivity index (χ3n) is 2.93. The Morgan fingerprint density at radius 1 is 1.32 bits per heavy atom. The lowest BCUT2D eigenvalue weighted by molar-refractivity contribution is 0.0375.